The first-order chi connectivity index (χ1) is 12.3. The number of para-hydroxylation sites is 1. The Morgan fingerprint density at radius 1 is 1.27 bits per heavy atom. The van der Waals surface area contributed by atoms with E-state index in [0.29, 0.717) is 10.2 Å². The van der Waals surface area contributed by atoms with Crippen LogP contribution in [-0.2, 0) is 16.4 Å². The number of aromatic nitrogens is 1. The molecule has 0 aliphatic carbocycles. The molecule has 134 valence electrons. The van der Waals surface area contributed by atoms with Crippen molar-refractivity contribution in [2.45, 2.75) is 11.4 Å². The van der Waals surface area contributed by atoms with E-state index in [0.717, 1.165) is 17.6 Å². The lowest BCUT2D eigenvalue weighted by molar-refractivity contribution is 0.0994. The Morgan fingerprint density at radius 2 is 2.00 bits per heavy atom. The molecule has 8 heteroatoms. The predicted octanol–water partition coefficient (Wildman–Crippen LogP) is 3.17. The standard InChI is InChI=1S/C18H15FN2O3S2/c1-3-11-21-16-13(19)8-6-9-14(16)25-18(21)20-17(22)12-7-4-5-10-15(12)26(2,23)24/h3-10H,1,11H2,2H3. The minimum Gasteiger partial charge on any atom is -0.310 e. The first-order valence-corrected chi connectivity index (χ1v) is 10.3. The van der Waals surface area contributed by atoms with Crippen LogP contribution < -0.4 is 4.80 Å². The second kappa shape index (κ2) is 6.97. The summed E-state index contributed by atoms with van der Waals surface area (Å²) >= 11 is 1.15. The molecule has 26 heavy (non-hydrogen) atoms. The summed E-state index contributed by atoms with van der Waals surface area (Å²) in [6, 6.07) is 10.5. The quantitative estimate of drug-likeness (QED) is 0.643. The van der Waals surface area contributed by atoms with Gasteiger partial charge in [0.2, 0.25) is 0 Å². The molecule has 0 atom stereocenters. The van der Waals surface area contributed by atoms with Crippen LogP contribution in [0, 0.1) is 5.82 Å². The normalized spacial score (nSPS) is 12.5. The van der Waals surface area contributed by atoms with Crippen molar-refractivity contribution in [3.8, 4) is 0 Å². The molecule has 1 amide bonds. The van der Waals surface area contributed by atoms with Crippen LogP contribution in [0.2, 0.25) is 0 Å². The molecule has 0 saturated carbocycles. The van der Waals surface area contributed by atoms with E-state index in [4.69, 9.17) is 0 Å². The van der Waals surface area contributed by atoms with Gasteiger partial charge in [0, 0.05) is 12.8 Å². The molecule has 0 spiro atoms. The van der Waals surface area contributed by atoms with Crippen LogP contribution in [0.4, 0.5) is 4.39 Å². The van der Waals surface area contributed by atoms with Gasteiger partial charge in [-0.05, 0) is 24.3 Å². The largest absolute Gasteiger partial charge is 0.310 e. The first-order valence-electron chi connectivity index (χ1n) is 7.60. The average Bonchev–Trinajstić information content (AvgIpc) is 2.93. The van der Waals surface area contributed by atoms with Gasteiger partial charge in [0.1, 0.15) is 5.82 Å². The highest BCUT2D eigenvalue weighted by molar-refractivity contribution is 7.90. The highest BCUT2D eigenvalue weighted by Crippen LogP contribution is 2.21. The number of nitrogens with zero attached hydrogens (tertiary/aromatic N) is 2. The summed E-state index contributed by atoms with van der Waals surface area (Å²) in [5, 5.41) is 0. The Labute approximate surface area is 153 Å². The summed E-state index contributed by atoms with van der Waals surface area (Å²) in [5.41, 5.74) is 0.318. The maximum atomic E-state index is 14.2. The fourth-order valence-electron chi connectivity index (χ4n) is 2.58. The summed E-state index contributed by atoms with van der Waals surface area (Å²) in [6.45, 7) is 3.92. The van der Waals surface area contributed by atoms with Crippen LogP contribution in [0.5, 0.6) is 0 Å². The number of halogens is 1. The van der Waals surface area contributed by atoms with Gasteiger partial charge in [0.25, 0.3) is 5.91 Å². The maximum absolute atomic E-state index is 14.2. The average molecular weight is 390 g/mol. The molecule has 0 radical (unpaired) electrons. The van der Waals surface area contributed by atoms with Crippen molar-refractivity contribution in [2.75, 3.05) is 6.26 Å². The number of hydrogen-bond acceptors (Lipinski definition) is 4. The van der Waals surface area contributed by atoms with Crippen molar-refractivity contribution < 1.29 is 17.6 Å². The smallest absolute Gasteiger partial charge is 0.280 e. The molecule has 0 N–H and O–H groups in total. The maximum Gasteiger partial charge on any atom is 0.280 e. The van der Waals surface area contributed by atoms with Gasteiger partial charge in [-0.1, -0.05) is 35.6 Å². The van der Waals surface area contributed by atoms with Gasteiger partial charge in [-0.15, -0.1) is 6.58 Å². The lowest BCUT2D eigenvalue weighted by Crippen LogP contribution is -2.17. The van der Waals surface area contributed by atoms with Gasteiger partial charge in [0.15, 0.2) is 14.6 Å². The van der Waals surface area contributed by atoms with Crippen molar-refractivity contribution in [1.82, 2.24) is 4.57 Å². The minimum absolute atomic E-state index is 0.0157. The topological polar surface area (TPSA) is 68.5 Å². The number of carbonyl (C=O) groups excluding carboxylic acids is 1. The van der Waals surface area contributed by atoms with E-state index in [1.165, 1.54) is 18.2 Å². The monoisotopic (exact) mass is 390 g/mol. The van der Waals surface area contributed by atoms with Crippen LogP contribution in [-0.4, -0.2) is 25.1 Å². The Balaban J connectivity index is 2.24. The molecule has 1 heterocycles. The van der Waals surface area contributed by atoms with Gasteiger partial charge < -0.3 is 4.57 Å². The third-order valence-electron chi connectivity index (χ3n) is 3.68. The van der Waals surface area contributed by atoms with Gasteiger partial charge in [-0.25, -0.2) is 12.8 Å². The predicted molar refractivity (Wildman–Crippen MR) is 99.4 cm³/mol. The number of fused-ring (bicyclic) bond motifs is 1. The minimum atomic E-state index is -3.58. The molecule has 3 rings (SSSR count). The number of carbonyl (C=O) groups is 1. The van der Waals surface area contributed by atoms with E-state index in [2.05, 4.69) is 11.6 Å². The summed E-state index contributed by atoms with van der Waals surface area (Å²) in [7, 11) is -3.58. The number of allylic oxidation sites excluding steroid dienone is 1. The van der Waals surface area contributed by atoms with Crippen LogP contribution in [0.1, 0.15) is 10.4 Å². The molecule has 0 fully saturated rings. The number of benzene rings is 2. The molecule has 0 bridgehead atoms. The molecule has 1 aromatic heterocycles. The van der Waals surface area contributed by atoms with Crippen molar-refractivity contribution in [2.24, 2.45) is 4.99 Å². The van der Waals surface area contributed by atoms with Gasteiger partial charge in [-0.3, -0.25) is 4.79 Å². The Hall–Kier alpha value is -2.58. The first kappa shape index (κ1) is 18.2. The van der Waals surface area contributed by atoms with Crippen molar-refractivity contribution in [1.29, 1.82) is 0 Å². The van der Waals surface area contributed by atoms with Gasteiger partial charge >= 0.3 is 0 Å². The Bertz CT molecular complexity index is 1190. The lowest BCUT2D eigenvalue weighted by atomic mass is 10.2. The second-order valence-electron chi connectivity index (χ2n) is 5.56. The van der Waals surface area contributed by atoms with Crippen molar-refractivity contribution >= 4 is 37.3 Å². The molecular formula is C18H15FN2O3S2. The highest BCUT2D eigenvalue weighted by atomic mass is 32.2. The van der Waals surface area contributed by atoms with E-state index >= 15 is 0 Å². The Kier molecular flexibility index (Phi) is 4.88. The molecule has 0 aliphatic heterocycles. The fraction of sp³-hybridized carbons (Fsp3) is 0.111. The molecule has 0 saturated heterocycles. The Morgan fingerprint density at radius 3 is 2.69 bits per heavy atom. The van der Waals surface area contributed by atoms with E-state index in [9.17, 15) is 17.6 Å². The third kappa shape index (κ3) is 3.38. The number of thiazole rings is 1. The molecular weight excluding hydrogens is 375 g/mol. The molecule has 0 aliphatic rings. The lowest BCUT2D eigenvalue weighted by Gasteiger charge is -2.04. The summed E-state index contributed by atoms with van der Waals surface area (Å²) in [6.07, 6.45) is 2.61. The SMILES string of the molecule is C=CCn1c(=NC(=O)c2ccccc2S(C)(=O)=O)sc2cccc(F)c21. The fourth-order valence-corrected chi connectivity index (χ4v) is 4.52. The number of rotatable bonds is 4. The van der Waals surface area contributed by atoms with Crippen LogP contribution in [0.3, 0.4) is 0 Å². The summed E-state index contributed by atoms with van der Waals surface area (Å²) in [5.74, 6) is -1.12. The highest BCUT2D eigenvalue weighted by Gasteiger charge is 2.18. The van der Waals surface area contributed by atoms with Crippen LogP contribution in [0.15, 0.2) is 65.0 Å². The summed E-state index contributed by atoms with van der Waals surface area (Å²) < 4.78 is 40.2. The number of sulfone groups is 1. The van der Waals surface area contributed by atoms with Crippen LogP contribution in [0.25, 0.3) is 10.2 Å². The zero-order valence-corrected chi connectivity index (χ0v) is 15.5. The zero-order chi connectivity index (χ0) is 18.9. The van der Waals surface area contributed by atoms with Gasteiger partial charge in [-0.2, -0.15) is 4.99 Å². The van der Waals surface area contributed by atoms with E-state index < -0.39 is 21.6 Å². The number of hydrogen-bond donors (Lipinski definition) is 0. The van der Waals surface area contributed by atoms with Gasteiger partial charge in [0.05, 0.1) is 20.7 Å². The van der Waals surface area contributed by atoms with Crippen LogP contribution >= 0.6 is 11.3 Å². The molecule has 0 unspecified atom stereocenters. The van der Waals surface area contributed by atoms with Crippen molar-refractivity contribution in [3.05, 3.63) is 71.3 Å². The van der Waals surface area contributed by atoms with E-state index in [1.807, 2.05) is 0 Å². The van der Waals surface area contributed by atoms with E-state index in [-0.39, 0.29) is 21.8 Å². The second-order valence-corrected chi connectivity index (χ2v) is 8.55. The molecule has 2 aromatic carbocycles. The molecule has 3 aromatic rings. The van der Waals surface area contributed by atoms with E-state index in [1.54, 1.807) is 34.9 Å². The van der Waals surface area contributed by atoms with Crippen molar-refractivity contribution in [3.63, 3.8) is 0 Å². The third-order valence-corrected chi connectivity index (χ3v) is 5.88. The summed E-state index contributed by atoms with van der Waals surface area (Å²) in [4.78, 5) is 16.9. The number of amides is 1. The zero-order valence-electron chi connectivity index (χ0n) is 13.8. The molecule has 5 nitrogen and oxygen atoms in total.